The van der Waals surface area contributed by atoms with Gasteiger partial charge in [-0.3, -0.25) is 9.78 Å². The SMILES string of the molecule is [Ir].[c-]1nn(-c2ccccc2)c2c1c1nccn1c1ccc(-c3cccc(-n4c5ccccc5c5ccccc54)c3)cc21. The maximum Gasteiger partial charge on any atom is 0.0541 e. The van der Waals surface area contributed by atoms with Gasteiger partial charge < -0.3 is 14.0 Å². The van der Waals surface area contributed by atoms with Crippen LogP contribution in [-0.4, -0.2) is 23.7 Å². The molecule has 0 atom stereocenters. The van der Waals surface area contributed by atoms with Crippen LogP contribution in [0.4, 0.5) is 0 Å². The van der Waals surface area contributed by atoms with Crippen molar-refractivity contribution >= 4 is 49.3 Å². The minimum Gasteiger partial charge on any atom is -0.354 e. The predicted octanol–water partition coefficient (Wildman–Crippen LogP) is 8.39. The van der Waals surface area contributed by atoms with Crippen LogP contribution < -0.4 is 0 Å². The summed E-state index contributed by atoms with van der Waals surface area (Å²) in [6, 6.07) is 43.0. The van der Waals surface area contributed by atoms with Crippen LogP contribution in [0, 0.1) is 6.20 Å². The number of hydrogen-bond acceptors (Lipinski definition) is 2. The van der Waals surface area contributed by atoms with E-state index in [1.54, 1.807) is 0 Å². The summed E-state index contributed by atoms with van der Waals surface area (Å²) in [6.07, 6.45) is 7.10. The molecule has 0 aliphatic heterocycles. The minimum absolute atomic E-state index is 0. The standard InChI is InChI=1S/C36H22N5.Ir/c1-2-10-26(11-3-1)41-35-30-22-25(17-18-32(30)39-20-19-37-36(39)31(35)23-38-41)24-9-8-12-27(21-24)40-33-15-6-4-13-28(33)29-14-5-7-16-34(29)40;/h1-22H;/q-1;. The van der Waals surface area contributed by atoms with Crippen molar-refractivity contribution in [2.45, 2.75) is 0 Å². The molecule has 4 heterocycles. The van der Waals surface area contributed by atoms with Crippen LogP contribution in [0.1, 0.15) is 0 Å². The van der Waals surface area contributed by atoms with Crippen LogP contribution in [0.25, 0.3) is 71.8 Å². The van der Waals surface area contributed by atoms with Gasteiger partial charge in [-0.25, -0.2) is 0 Å². The van der Waals surface area contributed by atoms with Crippen LogP contribution >= 0.6 is 0 Å². The van der Waals surface area contributed by atoms with Crippen molar-refractivity contribution < 1.29 is 20.1 Å². The molecule has 0 amide bonds. The first-order valence-corrected chi connectivity index (χ1v) is 13.7. The number of fused-ring (bicyclic) bond motifs is 9. The summed E-state index contributed by atoms with van der Waals surface area (Å²) >= 11 is 0. The number of pyridine rings is 1. The summed E-state index contributed by atoms with van der Waals surface area (Å²) in [6.45, 7) is 0. The smallest absolute Gasteiger partial charge is 0.0541 e. The first kappa shape index (κ1) is 24.7. The molecule has 0 spiro atoms. The fourth-order valence-corrected chi connectivity index (χ4v) is 6.29. The summed E-state index contributed by atoms with van der Waals surface area (Å²) in [4.78, 5) is 4.65. The molecular formula is C36H22IrN5-. The third-order valence-corrected chi connectivity index (χ3v) is 8.10. The van der Waals surface area contributed by atoms with Gasteiger partial charge in [0.1, 0.15) is 0 Å². The summed E-state index contributed by atoms with van der Waals surface area (Å²) in [5, 5.41) is 9.21. The fourth-order valence-electron chi connectivity index (χ4n) is 6.29. The average molecular weight is 717 g/mol. The van der Waals surface area contributed by atoms with Crippen molar-refractivity contribution in [3.8, 4) is 22.5 Å². The molecule has 6 heteroatoms. The number of imidazole rings is 1. The van der Waals surface area contributed by atoms with Gasteiger partial charge in [-0.2, -0.15) is 0 Å². The Morgan fingerprint density at radius 2 is 1.26 bits per heavy atom. The van der Waals surface area contributed by atoms with Gasteiger partial charge in [0.15, 0.2) is 0 Å². The molecule has 9 rings (SSSR count). The third kappa shape index (κ3) is 3.53. The van der Waals surface area contributed by atoms with Crippen molar-refractivity contribution in [2.24, 2.45) is 0 Å². The largest absolute Gasteiger partial charge is 0.354 e. The van der Waals surface area contributed by atoms with Gasteiger partial charge in [-0.15, -0.1) is 5.39 Å². The van der Waals surface area contributed by atoms with E-state index in [0.717, 1.165) is 50.0 Å². The molecule has 1 radical (unpaired) electrons. The summed E-state index contributed by atoms with van der Waals surface area (Å²) in [7, 11) is 0. The Bertz CT molecular complexity index is 2380. The monoisotopic (exact) mass is 717 g/mol. The van der Waals surface area contributed by atoms with Crippen molar-refractivity contribution in [3.05, 3.63) is 140 Å². The van der Waals surface area contributed by atoms with Crippen molar-refractivity contribution in [1.82, 2.24) is 23.7 Å². The Morgan fingerprint density at radius 3 is 2.05 bits per heavy atom. The maximum atomic E-state index is 4.69. The van der Waals surface area contributed by atoms with E-state index in [4.69, 9.17) is 0 Å². The number of rotatable bonds is 3. The maximum absolute atomic E-state index is 4.69. The number of para-hydroxylation sites is 3. The van der Waals surface area contributed by atoms with Crippen LogP contribution in [-0.2, 0) is 20.1 Å². The Kier molecular flexibility index (Phi) is 5.61. The van der Waals surface area contributed by atoms with Crippen molar-refractivity contribution in [2.75, 3.05) is 0 Å². The third-order valence-electron chi connectivity index (χ3n) is 8.10. The van der Waals surface area contributed by atoms with Crippen molar-refractivity contribution in [3.63, 3.8) is 0 Å². The molecule has 0 fully saturated rings. The number of nitrogens with zero attached hydrogens (tertiary/aromatic N) is 5. The van der Waals surface area contributed by atoms with Gasteiger partial charge in [0.25, 0.3) is 0 Å². The van der Waals surface area contributed by atoms with E-state index in [0.29, 0.717) is 0 Å². The topological polar surface area (TPSA) is 40.1 Å². The van der Waals surface area contributed by atoms with Crippen molar-refractivity contribution in [1.29, 1.82) is 0 Å². The second-order valence-electron chi connectivity index (χ2n) is 10.4. The van der Waals surface area contributed by atoms with Gasteiger partial charge in [-0.05, 0) is 70.7 Å². The van der Waals surface area contributed by atoms with Crippen LogP contribution in [0.5, 0.6) is 0 Å². The molecule has 0 aliphatic carbocycles. The molecule has 5 nitrogen and oxygen atoms in total. The normalized spacial score (nSPS) is 11.6. The summed E-state index contributed by atoms with van der Waals surface area (Å²) in [5.74, 6) is 0. The van der Waals surface area contributed by atoms with E-state index in [1.165, 1.54) is 21.8 Å². The first-order chi connectivity index (χ1) is 20.3. The summed E-state index contributed by atoms with van der Waals surface area (Å²) in [5.41, 5.74) is 9.78. The van der Waals surface area contributed by atoms with Crippen LogP contribution in [0.2, 0.25) is 0 Å². The number of aromatic nitrogens is 5. The second-order valence-corrected chi connectivity index (χ2v) is 10.4. The Labute approximate surface area is 254 Å². The first-order valence-electron chi connectivity index (χ1n) is 13.7. The van der Waals surface area contributed by atoms with E-state index in [1.807, 2.05) is 35.3 Å². The van der Waals surface area contributed by atoms with E-state index in [9.17, 15) is 0 Å². The Morgan fingerprint density at radius 1 is 0.571 bits per heavy atom. The Balaban J connectivity index is 0.00000267. The van der Waals surface area contributed by atoms with Gasteiger partial charge in [0.05, 0.1) is 16.7 Å². The summed E-state index contributed by atoms with van der Waals surface area (Å²) < 4.78 is 6.47. The fraction of sp³-hybridized carbons (Fsp3) is 0. The van der Waals surface area contributed by atoms with E-state index in [2.05, 4.69) is 128 Å². The average Bonchev–Trinajstić information content (AvgIpc) is 3.77. The molecule has 9 aromatic rings. The molecule has 4 aromatic heterocycles. The van der Waals surface area contributed by atoms with Gasteiger partial charge in [0, 0.05) is 60.1 Å². The molecule has 5 aromatic carbocycles. The molecular weight excluding hydrogens is 695 g/mol. The molecule has 0 saturated heterocycles. The number of benzene rings is 5. The van der Waals surface area contributed by atoms with Crippen LogP contribution in [0.15, 0.2) is 134 Å². The molecule has 0 unspecified atom stereocenters. The molecule has 42 heavy (non-hydrogen) atoms. The van der Waals surface area contributed by atoms with Gasteiger partial charge >= 0.3 is 0 Å². The minimum atomic E-state index is 0. The zero-order valence-electron chi connectivity index (χ0n) is 22.3. The van der Waals surface area contributed by atoms with Gasteiger partial charge in [0.2, 0.25) is 0 Å². The number of hydrogen-bond donors (Lipinski definition) is 0. The molecule has 0 saturated carbocycles. The Hall–Kier alpha value is -5.03. The second kappa shape index (κ2) is 9.52. The molecule has 201 valence electrons. The molecule has 0 N–H and O–H groups in total. The predicted molar refractivity (Wildman–Crippen MR) is 166 cm³/mol. The molecule has 0 aliphatic rings. The quantitative estimate of drug-likeness (QED) is 0.173. The van der Waals surface area contributed by atoms with Gasteiger partial charge in [-0.1, -0.05) is 78.9 Å². The van der Waals surface area contributed by atoms with E-state index < -0.39 is 0 Å². The van der Waals surface area contributed by atoms with Crippen LogP contribution in [0.3, 0.4) is 0 Å². The van der Waals surface area contributed by atoms with E-state index >= 15 is 0 Å². The molecule has 0 bridgehead atoms. The zero-order valence-corrected chi connectivity index (χ0v) is 24.7. The zero-order chi connectivity index (χ0) is 26.9. The van der Waals surface area contributed by atoms with E-state index in [-0.39, 0.29) is 20.1 Å².